The predicted molar refractivity (Wildman–Crippen MR) is 109 cm³/mol. The van der Waals surface area contributed by atoms with E-state index in [1.807, 2.05) is 0 Å². The van der Waals surface area contributed by atoms with Gasteiger partial charge in [-0.2, -0.15) is 0 Å². The quantitative estimate of drug-likeness (QED) is 0.769. The van der Waals surface area contributed by atoms with E-state index in [0.29, 0.717) is 0 Å². The number of rotatable bonds is 4. The van der Waals surface area contributed by atoms with Crippen molar-refractivity contribution in [1.82, 2.24) is 9.80 Å². The largest absolute Gasteiger partial charge is 0.369 e. The van der Waals surface area contributed by atoms with Crippen molar-refractivity contribution in [3.63, 3.8) is 0 Å². The van der Waals surface area contributed by atoms with Gasteiger partial charge < -0.3 is 9.80 Å². The third-order valence-electron chi connectivity index (χ3n) is 7.42. The molecule has 3 atom stereocenters. The van der Waals surface area contributed by atoms with Crippen molar-refractivity contribution in [3.8, 4) is 0 Å². The Morgan fingerprint density at radius 1 is 0.808 bits per heavy atom. The SMILES string of the molecule is C1=C[C@H]2C[C@H]1C[C@H]2CN1CCC(N2CCN(c3ccccc3)CC2)CC1. The molecule has 4 aliphatic rings. The maximum absolute atomic E-state index is 2.77. The molecule has 2 heterocycles. The minimum absolute atomic E-state index is 0.823. The number of allylic oxidation sites excluding steroid dienone is 2. The molecule has 1 saturated carbocycles. The van der Waals surface area contributed by atoms with Crippen molar-refractivity contribution in [3.05, 3.63) is 42.5 Å². The van der Waals surface area contributed by atoms with Crippen LogP contribution in [0.1, 0.15) is 25.7 Å². The fraction of sp³-hybridized carbons (Fsp3) is 0.652. The summed E-state index contributed by atoms with van der Waals surface area (Å²) in [5.74, 6) is 2.78. The van der Waals surface area contributed by atoms with Crippen LogP contribution < -0.4 is 4.90 Å². The van der Waals surface area contributed by atoms with E-state index in [2.05, 4.69) is 57.2 Å². The fourth-order valence-corrected chi connectivity index (χ4v) is 5.89. The monoisotopic (exact) mass is 351 g/mol. The van der Waals surface area contributed by atoms with Gasteiger partial charge in [0.25, 0.3) is 0 Å². The van der Waals surface area contributed by atoms with Gasteiger partial charge >= 0.3 is 0 Å². The summed E-state index contributed by atoms with van der Waals surface area (Å²) in [6.45, 7) is 8.83. The van der Waals surface area contributed by atoms with Crippen molar-refractivity contribution >= 4 is 5.69 Å². The first kappa shape index (κ1) is 16.8. The topological polar surface area (TPSA) is 9.72 Å². The molecule has 0 unspecified atom stereocenters. The zero-order chi connectivity index (χ0) is 17.3. The first-order valence-electron chi connectivity index (χ1n) is 10.8. The van der Waals surface area contributed by atoms with E-state index in [1.165, 1.54) is 77.2 Å². The molecule has 3 fully saturated rings. The maximum atomic E-state index is 2.77. The van der Waals surface area contributed by atoms with Crippen molar-refractivity contribution in [2.75, 3.05) is 50.7 Å². The van der Waals surface area contributed by atoms with E-state index >= 15 is 0 Å². The van der Waals surface area contributed by atoms with Crippen LogP contribution in [0.5, 0.6) is 0 Å². The highest BCUT2D eigenvalue weighted by Gasteiger charge is 2.37. The molecule has 0 aromatic heterocycles. The van der Waals surface area contributed by atoms with Gasteiger partial charge in [0.2, 0.25) is 0 Å². The van der Waals surface area contributed by atoms with Crippen LogP contribution in [0, 0.1) is 17.8 Å². The third-order valence-corrected chi connectivity index (χ3v) is 7.42. The first-order chi connectivity index (χ1) is 12.8. The molecule has 0 amide bonds. The summed E-state index contributed by atoms with van der Waals surface area (Å²) in [7, 11) is 0. The van der Waals surface area contributed by atoms with Crippen LogP contribution in [0.2, 0.25) is 0 Å². The van der Waals surface area contributed by atoms with Gasteiger partial charge in [-0.15, -0.1) is 0 Å². The zero-order valence-electron chi connectivity index (χ0n) is 16.0. The Bertz CT molecular complexity index is 612. The fourth-order valence-electron chi connectivity index (χ4n) is 5.89. The smallest absolute Gasteiger partial charge is 0.0367 e. The van der Waals surface area contributed by atoms with Crippen molar-refractivity contribution in [2.45, 2.75) is 31.7 Å². The Morgan fingerprint density at radius 2 is 1.58 bits per heavy atom. The molecule has 0 spiro atoms. The van der Waals surface area contributed by atoms with Crippen molar-refractivity contribution in [1.29, 1.82) is 0 Å². The van der Waals surface area contributed by atoms with Crippen LogP contribution in [0.3, 0.4) is 0 Å². The second kappa shape index (κ2) is 7.36. The molecule has 1 aromatic carbocycles. The van der Waals surface area contributed by atoms with Crippen molar-refractivity contribution in [2.24, 2.45) is 17.8 Å². The van der Waals surface area contributed by atoms with Crippen LogP contribution in [0.4, 0.5) is 5.69 Å². The Balaban J connectivity index is 1.07. The predicted octanol–water partition coefficient (Wildman–Crippen LogP) is 3.49. The number of nitrogens with zero attached hydrogens (tertiary/aromatic N) is 3. The van der Waals surface area contributed by atoms with E-state index in [9.17, 15) is 0 Å². The lowest BCUT2D eigenvalue weighted by atomic mass is 9.92. The molecule has 3 heteroatoms. The molecule has 2 aliphatic heterocycles. The van der Waals surface area contributed by atoms with Gasteiger partial charge in [0, 0.05) is 44.5 Å². The third kappa shape index (κ3) is 3.44. The summed E-state index contributed by atoms with van der Waals surface area (Å²) < 4.78 is 0. The lowest BCUT2D eigenvalue weighted by Crippen LogP contribution is -2.53. The molecular formula is C23H33N3. The van der Waals surface area contributed by atoms with Crippen LogP contribution in [0.25, 0.3) is 0 Å². The Labute approximate surface area is 158 Å². The molecule has 3 nitrogen and oxygen atoms in total. The number of anilines is 1. The number of piperazine rings is 1. The van der Waals surface area contributed by atoms with E-state index in [1.54, 1.807) is 0 Å². The van der Waals surface area contributed by atoms with Gasteiger partial charge in [-0.1, -0.05) is 30.4 Å². The minimum Gasteiger partial charge on any atom is -0.369 e. The van der Waals surface area contributed by atoms with Gasteiger partial charge in [0.05, 0.1) is 0 Å². The van der Waals surface area contributed by atoms with Crippen LogP contribution in [0.15, 0.2) is 42.5 Å². The minimum atomic E-state index is 0.823. The molecule has 0 radical (unpaired) electrons. The van der Waals surface area contributed by atoms with E-state index in [0.717, 1.165) is 23.8 Å². The van der Waals surface area contributed by atoms with Crippen LogP contribution >= 0.6 is 0 Å². The normalized spacial score (nSPS) is 33.2. The second-order valence-electron chi connectivity index (χ2n) is 8.93. The summed E-state index contributed by atoms with van der Waals surface area (Å²) in [4.78, 5) is 8.10. The van der Waals surface area contributed by atoms with E-state index in [-0.39, 0.29) is 0 Å². The maximum Gasteiger partial charge on any atom is 0.0367 e. The Morgan fingerprint density at radius 3 is 2.23 bits per heavy atom. The summed E-state index contributed by atoms with van der Waals surface area (Å²) in [6, 6.07) is 11.7. The summed E-state index contributed by atoms with van der Waals surface area (Å²) in [6.07, 6.45) is 10.7. The second-order valence-corrected chi connectivity index (χ2v) is 8.93. The van der Waals surface area contributed by atoms with E-state index < -0.39 is 0 Å². The number of fused-ring (bicyclic) bond motifs is 2. The number of likely N-dealkylation sites (tertiary alicyclic amines) is 1. The molecular weight excluding hydrogens is 318 g/mol. The highest BCUT2D eigenvalue weighted by Crippen LogP contribution is 2.43. The number of hydrogen-bond donors (Lipinski definition) is 0. The number of para-hydroxylation sites is 1. The van der Waals surface area contributed by atoms with Crippen LogP contribution in [-0.2, 0) is 0 Å². The molecule has 2 saturated heterocycles. The van der Waals surface area contributed by atoms with Gasteiger partial charge in [0.15, 0.2) is 0 Å². The standard InChI is InChI=1S/C23H33N3/c1-2-4-22(5-3-1)25-12-14-26(15-13-25)23-8-10-24(11-9-23)18-21-17-19-6-7-20(21)16-19/h1-7,19-21,23H,8-18H2/t19-,20-,21-/m0/s1. The molecule has 2 aliphatic carbocycles. The number of piperidine rings is 1. The average Bonchev–Trinajstić information content (AvgIpc) is 3.33. The van der Waals surface area contributed by atoms with Gasteiger partial charge in [0.1, 0.15) is 0 Å². The summed E-state index contributed by atoms with van der Waals surface area (Å²) in [5, 5.41) is 0. The molecule has 2 bridgehead atoms. The van der Waals surface area contributed by atoms with Crippen LogP contribution in [-0.4, -0.2) is 61.7 Å². The number of hydrogen-bond acceptors (Lipinski definition) is 3. The lowest BCUT2D eigenvalue weighted by Gasteiger charge is -2.44. The molecule has 140 valence electrons. The molecule has 5 rings (SSSR count). The van der Waals surface area contributed by atoms with Crippen molar-refractivity contribution < 1.29 is 0 Å². The van der Waals surface area contributed by atoms with Gasteiger partial charge in [-0.3, -0.25) is 4.90 Å². The zero-order valence-corrected chi connectivity index (χ0v) is 16.0. The van der Waals surface area contributed by atoms with Gasteiger partial charge in [-0.25, -0.2) is 0 Å². The number of benzene rings is 1. The average molecular weight is 352 g/mol. The first-order valence-corrected chi connectivity index (χ1v) is 10.8. The summed E-state index contributed by atoms with van der Waals surface area (Å²) in [5.41, 5.74) is 1.39. The highest BCUT2D eigenvalue weighted by molar-refractivity contribution is 5.46. The highest BCUT2D eigenvalue weighted by atomic mass is 15.3. The Hall–Kier alpha value is -1.32. The molecule has 26 heavy (non-hydrogen) atoms. The summed E-state index contributed by atoms with van der Waals surface area (Å²) >= 11 is 0. The van der Waals surface area contributed by atoms with E-state index in [4.69, 9.17) is 0 Å². The lowest BCUT2D eigenvalue weighted by molar-refractivity contribution is 0.0919. The molecule has 1 aromatic rings. The Kier molecular flexibility index (Phi) is 4.76. The molecule has 0 N–H and O–H groups in total. The van der Waals surface area contributed by atoms with Gasteiger partial charge in [-0.05, 0) is 68.7 Å².